The van der Waals surface area contributed by atoms with Crippen molar-refractivity contribution >= 4 is 21.9 Å². The molecule has 0 atom stereocenters. The molecule has 0 unspecified atom stereocenters. The molecular weight excluding hydrogens is 288 g/mol. The highest BCUT2D eigenvalue weighted by Crippen LogP contribution is 2.11. The largest absolute Gasteiger partial charge is 0.481 e. The molecule has 0 aliphatic rings. The molecule has 0 saturated carbocycles. The van der Waals surface area contributed by atoms with Crippen LogP contribution in [0.15, 0.2) is 29.7 Å². The number of rotatable bonds is 6. The molecule has 0 amide bonds. The molecule has 0 fully saturated rings. The molecule has 10 nitrogen and oxygen atoms in total. The molecule has 0 radical (unpaired) electrons. The van der Waals surface area contributed by atoms with Gasteiger partial charge in [0.2, 0.25) is 0 Å². The van der Waals surface area contributed by atoms with Crippen LogP contribution in [0.25, 0.3) is 0 Å². The normalized spacial score (nSPS) is 11.2. The molecule has 11 heteroatoms. The monoisotopic (exact) mass is 298 g/mol. The maximum atomic E-state index is 12.0. The van der Waals surface area contributed by atoms with Crippen LogP contribution in [0, 0.1) is 0 Å². The molecule has 20 heavy (non-hydrogen) atoms. The third-order valence-corrected chi connectivity index (χ3v) is 3.47. The van der Waals surface area contributed by atoms with E-state index in [2.05, 4.69) is 25.0 Å². The molecule has 0 aliphatic heterocycles. The van der Waals surface area contributed by atoms with Crippen molar-refractivity contribution in [3.8, 4) is 0 Å². The van der Waals surface area contributed by atoms with Crippen molar-refractivity contribution in [3.63, 3.8) is 0 Å². The van der Waals surface area contributed by atoms with E-state index in [4.69, 9.17) is 5.11 Å². The van der Waals surface area contributed by atoms with Crippen LogP contribution in [0.4, 0.5) is 5.95 Å². The van der Waals surface area contributed by atoms with E-state index in [1.165, 1.54) is 23.3 Å². The number of aromatic nitrogens is 5. The predicted octanol–water partition coefficient (Wildman–Crippen LogP) is -0.656. The summed E-state index contributed by atoms with van der Waals surface area (Å²) in [7, 11) is -3.88. The highest BCUT2D eigenvalue weighted by atomic mass is 32.2. The Bertz CT molecular complexity index is 698. The Hall–Kier alpha value is -2.56. The fraction of sp³-hybridized carbons (Fsp3) is 0.222. The fourth-order valence-corrected chi connectivity index (χ4v) is 2.19. The summed E-state index contributed by atoms with van der Waals surface area (Å²) in [6, 6.07) is 0. The van der Waals surface area contributed by atoms with Crippen LogP contribution >= 0.6 is 0 Å². The molecular formula is C9H10N6O4S. The lowest BCUT2D eigenvalue weighted by atomic mass is 10.4. The van der Waals surface area contributed by atoms with Gasteiger partial charge in [0, 0.05) is 6.20 Å². The molecule has 0 aliphatic carbocycles. The Morgan fingerprint density at radius 2 is 2.20 bits per heavy atom. The molecule has 2 heterocycles. The summed E-state index contributed by atoms with van der Waals surface area (Å²) in [5, 5.41) is 19.3. The van der Waals surface area contributed by atoms with Crippen LogP contribution in [0.1, 0.15) is 6.42 Å². The minimum Gasteiger partial charge on any atom is -0.481 e. The summed E-state index contributed by atoms with van der Waals surface area (Å²) < 4.78 is 27.3. The molecule has 0 saturated heterocycles. The summed E-state index contributed by atoms with van der Waals surface area (Å²) in [6.07, 6.45) is 4.78. The number of hydrogen-bond donors (Lipinski definition) is 2. The number of nitrogens with zero attached hydrogens (tertiary/aromatic N) is 5. The molecule has 2 rings (SSSR count). The first-order valence-electron chi connectivity index (χ1n) is 5.38. The standard InChI is InChI=1S/C9H10N6O4S/c16-8(17)1-4-15-6-7(5-12-15)20(18,19)14-9-10-2-3-11-13-9/h2-3,5-6H,1,4H2,(H,16,17)(H,10,13,14). The Balaban J connectivity index is 2.12. The van der Waals surface area contributed by atoms with Crippen LogP contribution in [-0.2, 0) is 21.4 Å². The number of aliphatic carboxylic acids is 1. The molecule has 0 spiro atoms. The number of aryl methyl sites for hydroxylation is 1. The topological polar surface area (TPSA) is 140 Å². The van der Waals surface area contributed by atoms with E-state index in [1.54, 1.807) is 0 Å². The molecule has 106 valence electrons. The third kappa shape index (κ3) is 3.47. The first-order valence-corrected chi connectivity index (χ1v) is 6.86. The summed E-state index contributed by atoms with van der Waals surface area (Å²) in [5.41, 5.74) is 0. The van der Waals surface area contributed by atoms with E-state index in [1.807, 2.05) is 0 Å². The molecule has 0 bridgehead atoms. The number of sulfonamides is 1. The van der Waals surface area contributed by atoms with Crippen molar-refractivity contribution in [2.75, 3.05) is 4.72 Å². The van der Waals surface area contributed by atoms with Crippen molar-refractivity contribution in [2.24, 2.45) is 0 Å². The van der Waals surface area contributed by atoms with Crippen molar-refractivity contribution in [3.05, 3.63) is 24.8 Å². The SMILES string of the molecule is O=C(O)CCn1cc(S(=O)(=O)Nc2nccnn2)cn1. The number of carboxylic acids is 1. The smallest absolute Gasteiger partial charge is 0.305 e. The second-order valence-corrected chi connectivity index (χ2v) is 5.34. The summed E-state index contributed by atoms with van der Waals surface area (Å²) in [6.45, 7) is 0.0776. The zero-order valence-electron chi connectivity index (χ0n) is 10.0. The Labute approximate surface area is 113 Å². The highest BCUT2D eigenvalue weighted by molar-refractivity contribution is 7.92. The van der Waals surface area contributed by atoms with Gasteiger partial charge in [-0.2, -0.15) is 10.2 Å². The Kier molecular flexibility index (Phi) is 3.89. The van der Waals surface area contributed by atoms with Crippen molar-refractivity contribution < 1.29 is 18.3 Å². The zero-order valence-corrected chi connectivity index (χ0v) is 10.9. The van der Waals surface area contributed by atoms with Gasteiger partial charge in [-0.15, -0.1) is 5.10 Å². The average molecular weight is 298 g/mol. The van der Waals surface area contributed by atoms with Gasteiger partial charge in [-0.25, -0.2) is 18.1 Å². The van der Waals surface area contributed by atoms with Crippen LogP contribution in [0.3, 0.4) is 0 Å². The average Bonchev–Trinajstić information content (AvgIpc) is 2.86. The summed E-state index contributed by atoms with van der Waals surface area (Å²) in [5.74, 6) is -1.16. The van der Waals surface area contributed by atoms with Gasteiger partial charge in [0.25, 0.3) is 16.0 Å². The second-order valence-electron chi connectivity index (χ2n) is 3.65. The fourth-order valence-electron chi connectivity index (χ4n) is 1.29. The van der Waals surface area contributed by atoms with E-state index < -0.39 is 16.0 Å². The molecule has 2 N–H and O–H groups in total. The predicted molar refractivity (Wildman–Crippen MR) is 65.1 cm³/mol. The summed E-state index contributed by atoms with van der Waals surface area (Å²) in [4.78, 5) is 14.0. The molecule has 2 aromatic rings. The first-order chi connectivity index (χ1) is 9.47. The van der Waals surface area contributed by atoms with Gasteiger partial charge in [0.1, 0.15) is 4.90 Å². The van der Waals surface area contributed by atoms with Gasteiger partial charge < -0.3 is 5.11 Å². The van der Waals surface area contributed by atoms with Gasteiger partial charge in [-0.3, -0.25) is 9.48 Å². The van der Waals surface area contributed by atoms with Crippen LogP contribution < -0.4 is 4.72 Å². The number of anilines is 1. The van der Waals surface area contributed by atoms with Crippen LogP contribution in [0.5, 0.6) is 0 Å². The minimum atomic E-state index is -3.88. The Morgan fingerprint density at radius 1 is 1.40 bits per heavy atom. The van der Waals surface area contributed by atoms with Gasteiger partial charge in [-0.05, 0) is 0 Å². The van der Waals surface area contributed by atoms with E-state index in [-0.39, 0.29) is 23.8 Å². The van der Waals surface area contributed by atoms with E-state index >= 15 is 0 Å². The second kappa shape index (κ2) is 5.61. The van der Waals surface area contributed by atoms with Gasteiger partial charge in [0.15, 0.2) is 0 Å². The lowest BCUT2D eigenvalue weighted by Gasteiger charge is -2.02. The van der Waals surface area contributed by atoms with Crippen molar-refractivity contribution in [1.82, 2.24) is 25.0 Å². The van der Waals surface area contributed by atoms with Crippen LogP contribution in [-0.4, -0.2) is 44.5 Å². The quantitative estimate of drug-likeness (QED) is 0.716. The molecule has 0 aromatic carbocycles. The highest BCUT2D eigenvalue weighted by Gasteiger charge is 2.18. The molecule has 2 aromatic heterocycles. The summed E-state index contributed by atoms with van der Waals surface area (Å²) >= 11 is 0. The number of carbonyl (C=O) groups is 1. The zero-order chi connectivity index (χ0) is 14.6. The van der Waals surface area contributed by atoms with Crippen molar-refractivity contribution in [2.45, 2.75) is 17.9 Å². The number of nitrogens with one attached hydrogen (secondary N) is 1. The number of hydrogen-bond acceptors (Lipinski definition) is 7. The maximum Gasteiger partial charge on any atom is 0.305 e. The lowest BCUT2D eigenvalue weighted by molar-refractivity contribution is -0.137. The third-order valence-electron chi connectivity index (χ3n) is 2.18. The van der Waals surface area contributed by atoms with Gasteiger partial charge in [0.05, 0.1) is 31.6 Å². The van der Waals surface area contributed by atoms with E-state index in [0.717, 1.165) is 6.20 Å². The van der Waals surface area contributed by atoms with Crippen LogP contribution in [0.2, 0.25) is 0 Å². The lowest BCUT2D eigenvalue weighted by Crippen LogP contribution is -2.14. The van der Waals surface area contributed by atoms with Gasteiger partial charge >= 0.3 is 5.97 Å². The maximum absolute atomic E-state index is 12.0. The van der Waals surface area contributed by atoms with E-state index in [0.29, 0.717) is 0 Å². The van der Waals surface area contributed by atoms with E-state index in [9.17, 15) is 13.2 Å². The minimum absolute atomic E-state index is 0.0776. The number of carboxylic acid groups (broad SMARTS) is 1. The van der Waals surface area contributed by atoms with Crippen molar-refractivity contribution in [1.29, 1.82) is 0 Å². The Morgan fingerprint density at radius 3 is 2.85 bits per heavy atom. The van der Waals surface area contributed by atoms with Gasteiger partial charge in [-0.1, -0.05) is 0 Å². The first kappa shape index (κ1) is 13.9.